The van der Waals surface area contributed by atoms with Gasteiger partial charge in [-0.1, -0.05) is 18.6 Å². The molecule has 108 valence electrons. The Kier molecular flexibility index (Phi) is 3.55. The summed E-state index contributed by atoms with van der Waals surface area (Å²) in [5.74, 6) is 1.14. The van der Waals surface area contributed by atoms with E-state index in [-0.39, 0.29) is 11.9 Å². The van der Waals surface area contributed by atoms with Crippen LogP contribution >= 0.6 is 0 Å². The fourth-order valence-electron chi connectivity index (χ4n) is 3.61. The van der Waals surface area contributed by atoms with Crippen LogP contribution in [0.15, 0.2) is 29.8 Å². The van der Waals surface area contributed by atoms with Crippen LogP contribution in [-0.4, -0.2) is 11.2 Å². The zero-order valence-corrected chi connectivity index (χ0v) is 12.0. The minimum atomic E-state index is -0.550. The second-order valence-electron chi connectivity index (χ2n) is 6.28. The van der Waals surface area contributed by atoms with Crippen molar-refractivity contribution in [1.29, 1.82) is 0 Å². The second kappa shape index (κ2) is 5.21. The molecular formula is C17H21FO2. The summed E-state index contributed by atoms with van der Waals surface area (Å²) in [4.78, 5) is 0. The molecule has 1 aliphatic carbocycles. The number of aliphatic hydroxyl groups is 1. The Morgan fingerprint density at radius 1 is 1.30 bits per heavy atom. The molecule has 0 aromatic heterocycles. The van der Waals surface area contributed by atoms with Crippen LogP contribution in [0, 0.1) is 17.7 Å². The molecular weight excluding hydrogens is 255 g/mol. The Hall–Kier alpha value is -1.35. The van der Waals surface area contributed by atoms with E-state index in [4.69, 9.17) is 4.74 Å². The lowest BCUT2D eigenvalue weighted by Crippen LogP contribution is -2.35. The molecule has 3 rings (SSSR count). The molecule has 0 radical (unpaired) electrons. The molecule has 3 unspecified atom stereocenters. The SMILES string of the molecule is CC1=CC(C)CC(C2C[C@@H](O)c3ccc(F)cc3O2)C1. The third kappa shape index (κ3) is 2.59. The van der Waals surface area contributed by atoms with Crippen LogP contribution < -0.4 is 4.74 Å². The van der Waals surface area contributed by atoms with Crippen LogP contribution in [0.25, 0.3) is 0 Å². The monoisotopic (exact) mass is 276 g/mol. The summed E-state index contributed by atoms with van der Waals surface area (Å²) in [5.41, 5.74) is 2.09. The van der Waals surface area contributed by atoms with Crippen molar-refractivity contribution in [2.45, 2.75) is 45.3 Å². The van der Waals surface area contributed by atoms with Gasteiger partial charge in [0.2, 0.25) is 0 Å². The standard InChI is InChI=1S/C17H21FO2/c1-10-5-11(2)7-12(6-10)16-9-15(19)14-4-3-13(18)8-17(14)20-16/h3-5,8,10,12,15-16,19H,6-7,9H2,1-2H3/t10?,12?,15-,16?/m1/s1. The fourth-order valence-corrected chi connectivity index (χ4v) is 3.61. The molecule has 0 amide bonds. The number of fused-ring (bicyclic) bond motifs is 1. The van der Waals surface area contributed by atoms with Gasteiger partial charge in [-0.25, -0.2) is 4.39 Å². The van der Waals surface area contributed by atoms with Gasteiger partial charge in [0.15, 0.2) is 0 Å². The van der Waals surface area contributed by atoms with E-state index in [1.807, 2.05) is 0 Å². The van der Waals surface area contributed by atoms with E-state index in [1.54, 1.807) is 6.07 Å². The lowest BCUT2D eigenvalue weighted by molar-refractivity contribution is 0.0270. The van der Waals surface area contributed by atoms with Crippen molar-refractivity contribution in [3.05, 3.63) is 41.2 Å². The summed E-state index contributed by atoms with van der Waals surface area (Å²) in [7, 11) is 0. The molecule has 0 spiro atoms. The maximum absolute atomic E-state index is 13.3. The number of rotatable bonds is 1. The van der Waals surface area contributed by atoms with E-state index in [0.29, 0.717) is 29.6 Å². The predicted molar refractivity (Wildman–Crippen MR) is 76.0 cm³/mol. The summed E-state index contributed by atoms with van der Waals surface area (Å²) >= 11 is 0. The summed E-state index contributed by atoms with van der Waals surface area (Å²) < 4.78 is 19.3. The van der Waals surface area contributed by atoms with Crippen molar-refractivity contribution >= 4 is 0 Å². The zero-order valence-electron chi connectivity index (χ0n) is 12.0. The third-order valence-electron chi connectivity index (χ3n) is 4.42. The van der Waals surface area contributed by atoms with E-state index in [1.165, 1.54) is 17.7 Å². The van der Waals surface area contributed by atoms with Gasteiger partial charge < -0.3 is 9.84 Å². The van der Waals surface area contributed by atoms with Gasteiger partial charge in [0.25, 0.3) is 0 Å². The van der Waals surface area contributed by atoms with Gasteiger partial charge >= 0.3 is 0 Å². The molecule has 1 heterocycles. The predicted octanol–water partition coefficient (Wildman–Crippen LogP) is 4.00. The average molecular weight is 276 g/mol. The highest BCUT2D eigenvalue weighted by Gasteiger charge is 2.34. The smallest absolute Gasteiger partial charge is 0.128 e. The second-order valence-corrected chi connectivity index (χ2v) is 6.28. The third-order valence-corrected chi connectivity index (χ3v) is 4.42. The molecule has 1 aromatic carbocycles. The molecule has 2 aliphatic rings. The first-order chi connectivity index (χ1) is 9.52. The van der Waals surface area contributed by atoms with Gasteiger partial charge in [-0.05, 0) is 37.8 Å². The quantitative estimate of drug-likeness (QED) is 0.785. The molecule has 4 atom stereocenters. The molecule has 0 saturated carbocycles. The minimum absolute atomic E-state index is 0.0228. The molecule has 1 N–H and O–H groups in total. The van der Waals surface area contributed by atoms with Crippen LogP contribution in [0.3, 0.4) is 0 Å². The van der Waals surface area contributed by atoms with E-state index in [2.05, 4.69) is 19.9 Å². The first-order valence-corrected chi connectivity index (χ1v) is 7.34. The number of ether oxygens (including phenoxy) is 1. The summed E-state index contributed by atoms with van der Waals surface area (Å²) in [6.07, 6.45) is 4.41. The van der Waals surface area contributed by atoms with E-state index in [9.17, 15) is 9.50 Å². The van der Waals surface area contributed by atoms with Gasteiger partial charge in [0.05, 0.1) is 6.10 Å². The average Bonchev–Trinajstić information content (AvgIpc) is 2.36. The van der Waals surface area contributed by atoms with Crippen molar-refractivity contribution in [2.24, 2.45) is 11.8 Å². The van der Waals surface area contributed by atoms with Crippen molar-refractivity contribution in [3.8, 4) is 5.75 Å². The number of benzene rings is 1. The largest absolute Gasteiger partial charge is 0.490 e. The van der Waals surface area contributed by atoms with Crippen LogP contribution in [0.1, 0.15) is 44.8 Å². The number of allylic oxidation sites excluding steroid dienone is 2. The fraction of sp³-hybridized carbons (Fsp3) is 0.529. The van der Waals surface area contributed by atoms with Gasteiger partial charge in [-0.2, -0.15) is 0 Å². The van der Waals surface area contributed by atoms with Gasteiger partial charge in [-0.3, -0.25) is 0 Å². The molecule has 20 heavy (non-hydrogen) atoms. The molecule has 1 aliphatic heterocycles. The van der Waals surface area contributed by atoms with Crippen LogP contribution in [-0.2, 0) is 0 Å². The normalized spacial score (nSPS) is 33.1. The van der Waals surface area contributed by atoms with Crippen LogP contribution in [0.5, 0.6) is 5.75 Å². The molecule has 0 saturated heterocycles. The molecule has 0 bridgehead atoms. The molecule has 2 nitrogen and oxygen atoms in total. The highest BCUT2D eigenvalue weighted by atomic mass is 19.1. The van der Waals surface area contributed by atoms with Crippen molar-refractivity contribution < 1.29 is 14.2 Å². The van der Waals surface area contributed by atoms with Gasteiger partial charge in [-0.15, -0.1) is 0 Å². The highest BCUT2D eigenvalue weighted by Crippen LogP contribution is 2.41. The van der Waals surface area contributed by atoms with E-state index >= 15 is 0 Å². The Morgan fingerprint density at radius 2 is 2.10 bits per heavy atom. The molecule has 3 heteroatoms. The Morgan fingerprint density at radius 3 is 2.85 bits per heavy atom. The number of hydrogen-bond acceptors (Lipinski definition) is 2. The lowest BCUT2D eigenvalue weighted by Gasteiger charge is -2.37. The van der Waals surface area contributed by atoms with E-state index < -0.39 is 6.10 Å². The maximum atomic E-state index is 13.3. The van der Waals surface area contributed by atoms with E-state index in [0.717, 1.165) is 12.8 Å². The van der Waals surface area contributed by atoms with Crippen molar-refractivity contribution in [2.75, 3.05) is 0 Å². The number of hydrogen-bond donors (Lipinski definition) is 1. The maximum Gasteiger partial charge on any atom is 0.128 e. The first-order valence-electron chi connectivity index (χ1n) is 7.34. The summed E-state index contributed by atoms with van der Waals surface area (Å²) in [6, 6.07) is 4.39. The lowest BCUT2D eigenvalue weighted by atomic mass is 9.78. The minimum Gasteiger partial charge on any atom is -0.490 e. The number of halogens is 1. The Bertz CT molecular complexity index is 538. The summed E-state index contributed by atoms with van der Waals surface area (Å²) in [5, 5.41) is 10.3. The Labute approximate surface area is 119 Å². The zero-order chi connectivity index (χ0) is 14.3. The number of aliphatic hydroxyl groups excluding tert-OH is 1. The molecule has 1 aromatic rings. The first kappa shape index (κ1) is 13.6. The summed E-state index contributed by atoms with van der Waals surface area (Å²) in [6.45, 7) is 4.36. The van der Waals surface area contributed by atoms with Crippen molar-refractivity contribution in [1.82, 2.24) is 0 Å². The Balaban J connectivity index is 1.82. The topological polar surface area (TPSA) is 29.5 Å². The highest BCUT2D eigenvalue weighted by molar-refractivity contribution is 5.37. The van der Waals surface area contributed by atoms with Crippen LogP contribution in [0.2, 0.25) is 0 Å². The van der Waals surface area contributed by atoms with Crippen molar-refractivity contribution in [3.63, 3.8) is 0 Å². The van der Waals surface area contributed by atoms with Gasteiger partial charge in [0, 0.05) is 24.0 Å². The molecule has 0 fully saturated rings. The van der Waals surface area contributed by atoms with Gasteiger partial charge in [0.1, 0.15) is 17.7 Å². The van der Waals surface area contributed by atoms with Crippen LogP contribution in [0.4, 0.5) is 4.39 Å².